The summed E-state index contributed by atoms with van der Waals surface area (Å²) in [6.07, 6.45) is 5.64. The van der Waals surface area contributed by atoms with Gasteiger partial charge >= 0.3 is 0 Å². The van der Waals surface area contributed by atoms with Crippen molar-refractivity contribution in [2.45, 2.75) is 24.0 Å². The highest BCUT2D eigenvalue weighted by molar-refractivity contribution is 7.99. The molecular formula is C15H18N6O2S. The van der Waals surface area contributed by atoms with Crippen LogP contribution in [0.4, 0.5) is 0 Å². The van der Waals surface area contributed by atoms with Gasteiger partial charge in [-0.05, 0) is 25.0 Å². The van der Waals surface area contributed by atoms with Crippen molar-refractivity contribution in [3.05, 3.63) is 24.5 Å². The number of rotatable bonds is 7. The average molecular weight is 346 g/mol. The normalized spacial score (nSPS) is 13.5. The summed E-state index contributed by atoms with van der Waals surface area (Å²) in [7, 11) is 1.53. The molecule has 2 N–H and O–H groups in total. The van der Waals surface area contributed by atoms with Crippen LogP contribution in [0.2, 0.25) is 0 Å². The summed E-state index contributed by atoms with van der Waals surface area (Å²) in [6, 6.07) is 4.19. The quantitative estimate of drug-likeness (QED) is 0.713. The van der Waals surface area contributed by atoms with E-state index in [1.165, 1.54) is 18.8 Å². The number of amides is 2. The first-order chi connectivity index (χ1) is 11.7. The number of nitrogens with zero attached hydrogens (tertiary/aromatic N) is 4. The summed E-state index contributed by atoms with van der Waals surface area (Å²) in [5, 5.41) is 14.2. The smallest absolute Gasteiger partial charge is 0.239 e. The number of hydrogen-bond donors (Lipinski definition) is 2. The third-order valence-corrected chi connectivity index (χ3v) is 4.50. The minimum absolute atomic E-state index is 0.0217. The molecule has 1 aliphatic carbocycles. The summed E-state index contributed by atoms with van der Waals surface area (Å²) in [6.45, 7) is -0.0217. The van der Waals surface area contributed by atoms with Crippen LogP contribution in [0.15, 0.2) is 29.7 Å². The van der Waals surface area contributed by atoms with E-state index >= 15 is 0 Å². The largest absolute Gasteiger partial charge is 0.358 e. The zero-order valence-corrected chi connectivity index (χ0v) is 14.0. The van der Waals surface area contributed by atoms with Crippen molar-refractivity contribution in [2.24, 2.45) is 0 Å². The number of likely N-dealkylation sites (N-methyl/N-ethyl adjacent to an activating group) is 1. The number of pyridine rings is 1. The third kappa shape index (κ3) is 3.91. The Morgan fingerprint density at radius 1 is 1.33 bits per heavy atom. The molecule has 3 rings (SSSR count). The van der Waals surface area contributed by atoms with E-state index in [9.17, 15) is 9.59 Å². The van der Waals surface area contributed by atoms with Crippen LogP contribution in [0.5, 0.6) is 0 Å². The molecule has 2 aromatic rings. The molecule has 2 aromatic heterocycles. The lowest BCUT2D eigenvalue weighted by molar-refractivity contribution is -0.124. The highest BCUT2D eigenvalue weighted by atomic mass is 32.2. The first-order valence-corrected chi connectivity index (χ1v) is 8.63. The SMILES string of the molecule is CNC(=O)CNC(=O)CSc1nnc(-c2cccnc2)n1C1CC1. The van der Waals surface area contributed by atoms with Crippen molar-refractivity contribution >= 4 is 23.6 Å². The molecule has 0 radical (unpaired) electrons. The van der Waals surface area contributed by atoms with Crippen LogP contribution in [-0.2, 0) is 9.59 Å². The van der Waals surface area contributed by atoms with Gasteiger partial charge in [0.05, 0.1) is 12.3 Å². The maximum absolute atomic E-state index is 11.8. The van der Waals surface area contributed by atoms with Gasteiger partial charge in [-0.15, -0.1) is 10.2 Å². The maximum atomic E-state index is 11.8. The Labute approximate surface area is 143 Å². The Hall–Kier alpha value is -2.42. The minimum atomic E-state index is -0.228. The van der Waals surface area contributed by atoms with E-state index in [0.717, 1.165) is 24.2 Å². The van der Waals surface area contributed by atoms with E-state index < -0.39 is 0 Å². The number of aromatic nitrogens is 4. The van der Waals surface area contributed by atoms with Crippen LogP contribution in [0.25, 0.3) is 11.4 Å². The van der Waals surface area contributed by atoms with Gasteiger partial charge in [0.1, 0.15) is 0 Å². The molecule has 0 aromatic carbocycles. The van der Waals surface area contributed by atoms with Gasteiger partial charge in [0.25, 0.3) is 0 Å². The van der Waals surface area contributed by atoms with E-state index in [1.807, 2.05) is 12.1 Å². The number of carbonyl (C=O) groups excluding carboxylic acids is 2. The lowest BCUT2D eigenvalue weighted by Gasteiger charge is -2.08. The van der Waals surface area contributed by atoms with E-state index in [-0.39, 0.29) is 24.1 Å². The number of carbonyl (C=O) groups is 2. The van der Waals surface area contributed by atoms with E-state index in [4.69, 9.17) is 0 Å². The van der Waals surface area contributed by atoms with Crippen LogP contribution in [0.1, 0.15) is 18.9 Å². The molecule has 8 nitrogen and oxygen atoms in total. The first-order valence-electron chi connectivity index (χ1n) is 7.64. The second-order valence-electron chi connectivity index (χ2n) is 5.39. The van der Waals surface area contributed by atoms with Crippen molar-refractivity contribution in [1.29, 1.82) is 0 Å². The van der Waals surface area contributed by atoms with Crippen LogP contribution < -0.4 is 10.6 Å². The molecule has 1 saturated carbocycles. The molecule has 0 atom stereocenters. The van der Waals surface area contributed by atoms with Crippen LogP contribution >= 0.6 is 11.8 Å². The second-order valence-corrected chi connectivity index (χ2v) is 6.33. The molecule has 0 aliphatic heterocycles. The molecule has 9 heteroatoms. The third-order valence-electron chi connectivity index (χ3n) is 3.55. The molecule has 1 aliphatic rings. The highest BCUT2D eigenvalue weighted by Gasteiger charge is 2.30. The fourth-order valence-corrected chi connectivity index (χ4v) is 3.01. The molecule has 0 saturated heterocycles. The Kier molecular flexibility index (Phi) is 5.09. The van der Waals surface area contributed by atoms with Gasteiger partial charge in [-0.25, -0.2) is 0 Å². The van der Waals surface area contributed by atoms with Gasteiger partial charge in [0, 0.05) is 31.0 Å². The van der Waals surface area contributed by atoms with Crippen LogP contribution in [0.3, 0.4) is 0 Å². The fourth-order valence-electron chi connectivity index (χ4n) is 2.18. The topological polar surface area (TPSA) is 102 Å². The minimum Gasteiger partial charge on any atom is -0.358 e. The molecule has 24 heavy (non-hydrogen) atoms. The molecule has 126 valence electrons. The van der Waals surface area contributed by atoms with Crippen molar-refractivity contribution < 1.29 is 9.59 Å². The zero-order chi connectivity index (χ0) is 16.9. The van der Waals surface area contributed by atoms with Crippen molar-refractivity contribution in [1.82, 2.24) is 30.4 Å². The van der Waals surface area contributed by atoms with Gasteiger partial charge in [0.2, 0.25) is 11.8 Å². The van der Waals surface area contributed by atoms with E-state index in [0.29, 0.717) is 11.2 Å². The van der Waals surface area contributed by atoms with Gasteiger partial charge in [-0.3, -0.25) is 19.1 Å². The Morgan fingerprint density at radius 2 is 2.17 bits per heavy atom. The molecular weight excluding hydrogens is 328 g/mol. The zero-order valence-electron chi connectivity index (χ0n) is 13.2. The predicted molar refractivity (Wildman–Crippen MR) is 89.3 cm³/mol. The molecule has 2 amide bonds. The first kappa shape index (κ1) is 16.4. The number of thioether (sulfide) groups is 1. The standard InChI is InChI=1S/C15H18N6O2S/c1-16-12(22)8-18-13(23)9-24-15-20-19-14(21(15)11-4-5-11)10-3-2-6-17-7-10/h2-3,6-7,11H,4-5,8-9H2,1H3,(H,16,22)(H,18,23). The lowest BCUT2D eigenvalue weighted by atomic mass is 10.3. The van der Waals surface area contributed by atoms with Crippen molar-refractivity contribution in [3.63, 3.8) is 0 Å². The van der Waals surface area contributed by atoms with Crippen molar-refractivity contribution in [2.75, 3.05) is 19.3 Å². The Balaban J connectivity index is 1.67. The molecule has 2 heterocycles. The maximum Gasteiger partial charge on any atom is 0.239 e. The second kappa shape index (κ2) is 7.43. The molecule has 0 bridgehead atoms. The highest BCUT2D eigenvalue weighted by Crippen LogP contribution is 2.40. The van der Waals surface area contributed by atoms with Gasteiger partial charge < -0.3 is 10.6 Å². The summed E-state index contributed by atoms with van der Waals surface area (Å²) < 4.78 is 2.08. The number of nitrogens with one attached hydrogen (secondary N) is 2. The monoisotopic (exact) mass is 346 g/mol. The van der Waals surface area contributed by atoms with E-state index in [2.05, 4.69) is 30.4 Å². The average Bonchev–Trinajstić information content (AvgIpc) is 3.37. The molecule has 0 spiro atoms. The molecule has 0 unspecified atom stereocenters. The van der Waals surface area contributed by atoms with Crippen molar-refractivity contribution in [3.8, 4) is 11.4 Å². The van der Waals surface area contributed by atoms with Gasteiger partial charge in [-0.1, -0.05) is 11.8 Å². The van der Waals surface area contributed by atoms with Crippen LogP contribution in [0, 0.1) is 0 Å². The fraction of sp³-hybridized carbons (Fsp3) is 0.400. The summed E-state index contributed by atoms with van der Waals surface area (Å²) in [5.74, 6) is 0.527. The van der Waals surface area contributed by atoms with Gasteiger partial charge in [-0.2, -0.15) is 0 Å². The summed E-state index contributed by atoms with van der Waals surface area (Å²) in [4.78, 5) is 27.1. The lowest BCUT2D eigenvalue weighted by Crippen LogP contribution is -2.36. The molecule has 1 fully saturated rings. The van der Waals surface area contributed by atoms with Crippen LogP contribution in [-0.4, -0.2) is 50.9 Å². The summed E-state index contributed by atoms with van der Waals surface area (Å²) in [5.41, 5.74) is 0.910. The predicted octanol–water partition coefficient (Wildman–Crippen LogP) is 0.629. The number of hydrogen-bond acceptors (Lipinski definition) is 6. The summed E-state index contributed by atoms with van der Waals surface area (Å²) >= 11 is 1.32. The van der Waals surface area contributed by atoms with Gasteiger partial charge in [0.15, 0.2) is 11.0 Å². The Bertz CT molecular complexity index is 729. The van der Waals surface area contributed by atoms with E-state index in [1.54, 1.807) is 12.4 Å². The Morgan fingerprint density at radius 3 is 2.83 bits per heavy atom.